The summed E-state index contributed by atoms with van der Waals surface area (Å²) in [7, 11) is 1.54. The predicted octanol–water partition coefficient (Wildman–Crippen LogP) is 2.51. The van der Waals surface area contributed by atoms with E-state index >= 15 is 0 Å². The number of aryl methyl sites for hydroxylation is 1. The van der Waals surface area contributed by atoms with E-state index in [2.05, 4.69) is 0 Å². The smallest absolute Gasteiger partial charge is 0.195 e. The number of benzene rings is 1. The van der Waals surface area contributed by atoms with Gasteiger partial charge in [-0.2, -0.15) is 0 Å². The van der Waals surface area contributed by atoms with Crippen LogP contribution >= 0.6 is 0 Å². The van der Waals surface area contributed by atoms with Crippen molar-refractivity contribution in [2.45, 2.75) is 25.4 Å². The van der Waals surface area contributed by atoms with Crippen LogP contribution in [0.15, 0.2) is 18.2 Å². The lowest BCUT2D eigenvalue weighted by molar-refractivity contribution is -0.0663. The lowest BCUT2D eigenvalue weighted by Crippen LogP contribution is -2.45. The summed E-state index contributed by atoms with van der Waals surface area (Å²) in [6.07, 6.45) is 1.08. The van der Waals surface area contributed by atoms with E-state index in [1.165, 1.54) is 18.2 Å². The topological polar surface area (TPSA) is 35.5 Å². The van der Waals surface area contributed by atoms with E-state index in [1.54, 1.807) is 14.0 Å². The Kier molecular flexibility index (Phi) is 3.78. The minimum atomic E-state index is -0.819. The zero-order valence-corrected chi connectivity index (χ0v) is 10.7. The van der Waals surface area contributed by atoms with Crippen LogP contribution < -0.4 is 0 Å². The molecule has 1 aliphatic heterocycles. The van der Waals surface area contributed by atoms with E-state index in [0.29, 0.717) is 37.2 Å². The second-order valence-electron chi connectivity index (χ2n) is 4.60. The first-order valence-corrected chi connectivity index (χ1v) is 6.03. The molecule has 2 rings (SSSR count). The van der Waals surface area contributed by atoms with Gasteiger partial charge in [-0.15, -0.1) is 0 Å². The summed E-state index contributed by atoms with van der Waals surface area (Å²) in [4.78, 5) is 12.6. The van der Waals surface area contributed by atoms with Crippen molar-refractivity contribution >= 4 is 5.78 Å². The SMILES string of the molecule is COC1(C(=O)c2ccc(F)cc2C)CCOCC1. The van der Waals surface area contributed by atoms with Crippen LogP contribution in [0.2, 0.25) is 0 Å². The van der Waals surface area contributed by atoms with E-state index in [-0.39, 0.29) is 11.6 Å². The van der Waals surface area contributed by atoms with Crippen LogP contribution in [-0.4, -0.2) is 31.7 Å². The molecule has 0 amide bonds. The number of carbonyl (C=O) groups excluding carboxylic acids is 1. The minimum absolute atomic E-state index is 0.0780. The number of Topliss-reactive ketones (excluding diaryl/α,β-unsaturated/α-hetero) is 1. The fourth-order valence-electron chi connectivity index (χ4n) is 2.35. The van der Waals surface area contributed by atoms with Gasteiger partial charge in [-0.3, -0.25) is 4.79 Å². The van der Waals surface area contributed by atoms with Gasteiger partial charge >= 0.3 is 0 Å². The van der Waals surface area contributed by atoms with Gasteiger partial charge in [-0.25, -0.2) is 4.39 Å². The number of halogens is 1. The van der Waals surface area contributed by atoms with Crippen LogP contribution in [0, 0.1) is 12.7 Å². The van der Waals surface area contributed by atoms with Gasteiger partial charge in [0.2, 0.25) is 0 Å². The molecule has 1 aromatic rings. The molecule has 1 saturated heterocycles. The van der Waals surface area contributed by atoms with Gasteiger partial charge in [0.25, 0.3) is 0 Å². The van der Waals surface area contributed by atoms with E-state index in [9.17, 15) is 9.18 Å². The molecule has 0 N–H and O–H groups in total. The van der Waals surface area contributed by atoms with E-state index in [1.807, 2.05) is 0 Å². The molecule has 4 heteroatoms. The van der Waals surface area contributed by atoms with Gasteiger partial charge in [-0.1, -0.05) is 0 Å². The second-order valence-corrected chi connectivity index (χ2v) is 4.60. The molecule has 3 nitrogen and oxygen atoms in total. The molecule has 0 aliphatic carbocycles. The zero-order valence-electron chi connectivity index (χ0n) is 10.7. The van der Waals surface area contributed by atoms with E-state index < -0.39 is 5.60 Å². The largest absolute Gasteiger partial charge is 0.381 e. The third-order valence-electron chi connectivity index (χ3n) is 3.54. The average Bonchev–Trinajstić information content (AvgIpc) is 2.39. The summed E-state index contributed by atoms with van der Waals surface area (Å²) in [6, 6.07) is 4.21. The van der Waals surface area contributed by atoms with Crippen molar-refractivity contribution in [3.05, 3.63) is 35.1 Å². The highest BCUT2D eigenvalue weighted by molar-refractivity contribution is 6.03. The van der Waals surface area contributed by atoms with Gasteiger partial charge in [0.15, 0.2) is 5.78 Å². The van der Waals surface area contributed by atoms with Gasteiger partial charge in [0.05, 0.1) is 0 Å². The number of hydrogen-bond acceptors (Lipinski definition) is 3. The summed E-state index contributed by atoms with van der Waals surface area (Å²) in [6.45, 7) is 2.76. The van der Waals surface area contributed by atoms with Gasteiger partial charge in [0, 0.05) is 38.7 Å². The molecule has 1 fully saturated rings. The molecule has 0 saturated carbocycles. The molecule has 98 valence electrons. The highest BCUT2D eigenvalue weighted by Crippen LogP contribution is 2.29. The van der Waals surface area contributed by atoms with Crippen molar-refractivity contribution in [2.24, 2.45) is 0 Å². The maximum absolute atomic E-state index is 13.1. The quantitative estimate of drug-likeness (QED) is 0.775. The van der Waals surface area contributed by atoms with Crippen molar-refractivity contribution < 1.29 is 18.7 Å². The number of ether oxygens (including phenoxy) is 2. The van der Waals surface area contributed by atoms with Crippen LogP contribution in [0.1, 0.15) is 28.8 Å². The molecule has 0 atom stereocenters. The lowest BCUT2D eigenvalue weighted by Gasteiger charge is -2.34. The Morgan fingerprint density at radius 2 is 2.06 bits per heavy atom. The predicted molar refractivity (Wildman–Crippen MR) is 65.3 cm³/mol. The van der Waals surface area contributed by atoms with E-state index in [4.69, 9.17) is 9.47 Å². The fourth-order valence-corrected chi connectivity index (χ4v) is 2.35. The molecular weight excluding hydrogens is 235 g/mol. The van der Waals surface area contributed by atoms with Crippen molar-refractivity contribution in [3.63, 3.8) is 0 Å². The van der Waals surface area contributed by atoms with Gasteiger partial charge < -0.3 is 9.47 Å². The second kappa shape index (κ2) is 5.16. The molecule has 0 bridgehead atoms. The van der Waals surface area contributed by atoms with Crippen LogP contribution in [0.5, 0.6) is 0 Å². The molecule has 0 aromatic heterocycles. The summed E-state index contributed by atoms with van der Waals surface area (Å²) in [5.74, 6) is -0.409. The third-order valence-corrected chi connectivity index (χ3v) is 3.54. The third kappa shape index (κ3) is 2.31. The zero-order chi connectivity index (χ0) is 13.2. The van der Waals surface area contributed by atoms with Crippen molar-refractivity contribution in [2.75, 3.05) is 20.3 Å². The first-order valence-electron chi connectivity index (χ1n) is 6.03. The first-order chi connectivity index (χ1) is 8.59. The number of rotatable bonds is 3. The maximum atomic E-state index is 13.1. The van der Waals surface area contributed by atoms with Crippen LogP contribution in [0.3, 0.4) is 0 Å². The van der Waals surface area contributed by atoms with Crippen LogP contribution in [0.25, 0.3) is 0 Å². The summed E-state index contributed by atoms with van der Waals surface area (Å²) < 4.78 is 23.8. The van der Waals surface area contributed by atoms with Crippen molar-refractivity contribution in [1.29, 1.82) is 0 Å². The summed E-state index contributed by atoms with van der Waals surface area (Å²) in [5.41, 5.74) is 0.351. The van der Waals surface area contributed by atoms with Crippen molar-refractivity contribution in [1.82, 2.24) is 0 Å². The molecule has 1 aromatic carbocycles. The Bertz CT molecular complexity index is 450. The molecule has 0 spiro atoms. The van der Waals surface area contributed by atoms with E-state index in [0.717, 1.165) is 0 Å². The molecule has 1 heterocycles. The number of hydrogen-bond donors (Lipinski definition) is 0. The first kappa shape index (κ1) is 13.2. The Balaban J connectivity index is 2.33. The normalized spacial score (nSPS) is 18.6. The maximum Gasteiger partial charge on any atom is 0.195 e. The van der Waals surface area contributed by atoms with Crippen LogP contribution in [0.4, 0.5) is 4.39 Å². The van der Waals surface area contributed by atoms with Crippen molar-refractivity contribution in [3.8, 4) is 0 Å². The number of carbonyl (C=O) groups is 1. The van der Waals surface area contributed by atoms with Gasteiger partial charge in [0.1, 0.15) is 11.4 Å². The summed E-state index contributed by atoms with van der Waals surface area (Å²) >= 11 is 0. The molecule has 0 radical (unpaired) electrons. The molecule has 1 aliphatic rings. The standard InChI is InChI=1S/C14H17FO3/c1-10-9-11(15)3-4-12(10)13(16)14(17-2)5-7-18-8-6-14/h3-4,9H,5-8H2,1-2H3. The molecule has 18 heavy (non-hydrogen) atoms. The Morgan fingerprint density at radius 1 is 1.39 bits per heavy atom. The Hall–Kier alpha value is -1.26. The average molecular weight is 252 g/mol. The highest BCUT2D eigenvalue weighted by atomic mass is 19.1. The highest BCUT2D eigenvalue weighted by Gasteiger charge is 2.41. The molecule has 0 unspecified atom stereocenters. The number of methoxy groups -OCH3 is 1. The summed E-state index contributed by atoms with van der Waals surface area (Å²) in [5, 5.41) is 0. The molecular formula is C14H17FO3. The minimum Gasteiger partial charge on any atom is -0.381 e. The lowest BCUT2D eigenvalue weighted by atomic mass is 9.84. The fraction of sp³-hybridized carbons (Fsp3) is 0.500. The Morgan fingerprint density at radius 3 is 2.61 bits per heavy atom. The number of ketones is 1. The van der Waals surface area contributed by atoms with Crippen LogP contribution in [-0.2, 0) is 9.47 Å². The van der Waals surface area contributed by atoms with Gasteiger partial charge in [-0.05, 0) is 30.7 Å². The monoisotopic (exact) mass is 252 g/mol. The Labute approximate surface area is 106 Å².